The lowest BCUT2D eigenvalue weighted by Gasteiger charge is -2.33. The van der Waals surface area contributed by atoms with Crippen molar-refractivity contribution in [3.05, 3.63) is 36.7 Å². The van der Waals surface area contributed by atoms with Crippen LogP contribution in [0.3, 0.4) is 0 Å². The Hall–Kier alpha value is -2.83. The molecule has 0 saturated carbocycles. The van der Waals surface area contributed by atoms with Crippen molar-refractivity contribution >= 4 is 28.6 Å². The highest BCUT2D eigenvalue weighted by Gasteiger charge is 2.27. The molecule has 1 N–H and O–H groups in total. The van der Waals surface area contributed by atoms with E-state index in [0.717, 1.165) is 29.2 Å². The van der Waals surface area contributed by atoms with Gasteiger partial charge in [-0.1, -0.05) is 12.1 Å². The van der Waals surface area contributed by atoms with E-state index >= 15 is 0 Å². The first kappa shape index (κ1) is 12.9. The summed E-state index contributed by atoms with van der Waals surface area (Å²) < 4.78 is 1.70. The first-order valence-corrected chi connectivity index (χ1v) is 7.19. The lowest BCUT2D eigenvalue weighted by atomic mass is 10.3. The van der Waals surface area contributed by atoms with Gasteiger partial charge >= 0.3 is 0 Å². The standard InChI is InChI=1S/C15H16N6O/c1-19-9-11(8-16-19)21-7-6-20(10-14(21)22)15-17-12-4-2-3-5-13(12)18-15/h2-5,8-9H,6-7,10H2,1H3,(H,17,18). The maximum Gasteiger partial charge on any atom is 0.246 e. The Kier molecular flexibility index (Phi) is 2.85. The number of carbonyl (C=O) groups is 1. The number of para-hydroxylation sites is 2. The number of rotatable bonds is 2. The molecule has 1 fully saturated rings. The molecule has 1 saturated heterocycles. The molecular weight excluding hydrogens is 280 g/mol. The van der Waals surface area contributed by atoms with E-state index in [9.17, 15) is 4.79 Å². The second kappa shape index (κ2) is 4.87. The molecule has 0 radical (unpaired) electrons. The van der Waals surface area contributed by atoms with Gasteiger partial charge in [0.2, 0.25) is 11.9 Å². The highest BCUT2D eigenvalue weighted by atomic mass is 16.2. The number of piperazine rings is 1. The van der Waals surface area contributed by atoms with Crippen molar-refractivity contribution in [2.45, 2.75) is 0 Å². The Morgan fingerprint density at radius 3 is 2.82 bits per heavy atom. The van der Waals surface area contributed by atoms with Gasteiger partial charge in [0.05, 0.1) is 22.9 Å². The number of carbonyl (C=O) groups excluding carboxylic acids is 1. The maximum absolute atomic E-state index is 12.4. The fourth-order valence-electron chi connectivity index (χ4n) is 2.76. The Morgan fingerprint density at radius 2 is 2.09 bits per heavy atom. The number of benzene rings is 1. The number of nitrogens with zero attached hydrogens (tertiary/aromatic N) is 5. The van der Waals surface area contributed by atoms with Crippen LogP contribution in [0.4, 0.5) is 11.6 Å². The molecule has 112 valence electrons. The molecule has 0 unspecified atom stereocenters. The van der Waals surface area contributed by atoms with Crippen molar-refractivity contribution < 1.29 is 4.79 Å². The lowest BCUT2D eigenvalue weighted by molar-refractivity contribution is -0.117. The van der Waals surface area contributed by atoms with Gasteiger partial charge in [-0.3, -0.25) is 9.48 Å². The Balaban J connectivity index is 1.56. The maximum atomic E-state index is 12.4. The zero-order valence-corrected chi connectivity index (χ0v) is 12.2. The van der Waals surface area contributed by atoms with Crippen LogP contribution in [0.25, 0.3) is 11.0 Å². The van der Waals surface area contributed by atoms with Crippen LogP contribution in [-0.2, 0) is 11.8 Å². The molecule has 1 aromatic carbocycles. The second-order valence-electron chi connectivity index (χ2n) is 5.42. The fraction of sp³-hybridized carbons (Fsp3) is 0.267. The van der Waals surface area contributed by atoms with Gasteiger partial charge in [0, 0.05) is 26.3 Å². The molecule has 4 rings (SSSR count). The topological polar surface area (TPSA) is 70.1 Å². The fourth-order valence-corrected chi connectivity index (χ4v) is 2.76. The van der Waals surface area contributed by atoms with Crippen LogP contribution >= 0.6 is 0 Å². The predicted molar refractivity (Wildman–Crippen MR) is 83.9 cm³/mol. The van der Waals surface area contributed by atoms with Gasteiger partial charge in [0.1, 0.15) is 6.54 Å². The van der Waals surface area contributed by atoms with Crippen LogP contribution in [-0.4, -0.2) is 45.3 Å². The third-order valence-electron chi connectivity index (χ3n) is 3.90. The average molecular weight is 296 g/mol. The van der Waals surface area contributed by atoms with Crippen molar-refractivity contribution in [1.29, 1.82) is 0 Å². The van der Waals surface area contributed by atoms with Crippen LogP contribution in [0.1, 0.15) is 0 Å². The van der Waals surface area contributed by atoms with Crippen molar-refractivity contribution in [1.82, 2.24) is 19.7 Å². The molecule has 0 atom stereocenters. The van der Waals surface area contributed by atoms with Crippen LogP contribution in [0.5, 0.6) is 0 Å². The molecule has 1 aliphatic heterocycles. The lowest BCUT2D eigenvalue weighted by Crippen LogP contribution is -2.51. The monoisotopic (exact) mass is 296 g/mol. The first-order valence-electron chi connectivity index (χ1n) is 7.19. The molecule has 2 aromatic heterocycles. The molecule has 7 nitrogen and oxygen atoms in total. The van der Waals surface area contributed by atoms with E-state index in [1.165, 1.54) is 0 Å². The number of aromatic nitrogens is 4. The molecule has 1 amide bonds. The largest absolute Gasteiger partial charge is 0.331 e. The average Bonchev–Trinajstić information content (AvgIpc) is 3.13. The van der Waals surface area contributed by atoms with E-state index in [4.69, 9.17) is 0 Å². The SMILES string of the molecule is Cn1cc(N2CCN(c3nc4ccccc4[nH]3)CC2=O)cn1. The third kappa shape index (κ3) is 2.11. The van der Waals surface area contributed by atoms with Crippen LogP contribution in [0.15, 0.2) is 36.7 Å². The van der Waals surface area contributed by atoms with Crippen molar-refractivity contribution in [3.63, 3.8) is 0 Å². The Bertz CT molecular complexity index is 802. The van der Waals surface area contributed by atoms with Crippen LogP contribution in [0.2, 0.25) is 0 Å². The molecule has 0 spiro atoms. The van der Waals surface area contributed by atoms with Crippen molar-refractivity contribution in [2.24, 2.45) is 7.05 Å². The summed E-state index contributed by atoms with van der Waals surface area (Å²) >= 11 is 0. The molecule has 22 heavy (non-hydrogen) atoms. The highest BCUT2D eigenvalue weighted by molar-refractivity contribution is 5.97. The molecular formula is C15H16N6O. The summed E-state index contributed by atoms with van der Waals surface area (Å²) in [5.74, 6) is 0.806. The van der Waals surface area contributed by atoms with E-state index in [-0.39, 0.29) is 5.91 Å². The Morgan fingerprint density at radius 1 is 1.23 bits per heavy atom. The van der Waals surface area contributed by atoms with E-state index in [1.807, 2.05) is 42.4 Å². The minimum atomic E-state index is 0.0553. The molecule has 3 heterocycles. The summed E-state index contributed by atoms with van der Waals surface area (Å²) in [7, 11) is 1.85. The normalized spacial score (nSPS) is 15.8. The summed E-state index contributed by atoms with van der Waals surface area (Å²) in [5.41, 5.74) is 2.75. The predicted octanol–water partition coefficient (Wildman–Crippen LogP) is 1.15. The summed E-state index contributed by atoms with van der Waals surface area (Å²) in [4.78, 5) is 24.0. The van der Waals surface area contributed by atoms with Gasteiger partial charge in [-0.2, -0.15) is 5.10 Å². The zero-order chi connectivity index (χ0) is 15.1. The van der Waals surface area contributed by atoms with Gasteiger partial charge in [-0.25, -0.2) is 4.98 Å². The van der Waals surface area contributed by atoms with Gasteiger partial charge < -0.3 is 14.8 Å². The summed E-state index contributed by atoms with van der Waals surface area (Å²) in [6.07, 6.45) is 3.57. The minimum absolute atomic E-state index is 0.0553. The number of nitrogens with one attached hydrogen (secondary N) is 1. The quantitative estimate of drug-likeness (QED) is 0.770. The zero-order valence-electron chi connectivity index (χ0n) is 12.2. The molecule has 1 aliphatic rings. The van der Waals surface area contributed by atoms with Gasteiger partial charge in [0.25, 0.3) is 0 Å². The van der Waals surface area contributed by atoms with Gasteiger partial charge in [0.15, 0.2) is 0 Å². The van der Waals surface area contributed by atoms with E-state index in [0.29, 0.717) is 13.1 Å². The number of aromatic amines is 1. The highest BCUT2D eigenvalue weighted by Crippen LogP contribution is 2.21. The third-order valence-corrected chi connectivity index (χ3v) is 3.90. The molecule has 0 aliphatic carbocycles. The smallest absolute Gasteiger partial charge is 0.246 e. The van der Waals surface area contributed by atoms with Crippen LogP contribution < -0.4 is 9.80 Å². The van der Waals surface area contributed by atoms with E-state index in [1.54, 1.807) is 15.8 Å². The number of imidazole rings is 1. The van der Waals surface area contributed by atoms with E-state index < -0.39 is 0 Å². The summed E-state index contributed by atoms with van der Waals surface area (Å²) in [6.45, 7) is 1.68. The van der Waals surface area contributed by atoms with Crippen LogP contribution in [0, 0.1) is 0 Å². The number of amides is 1. The Labute approximate surface area is 127 Å². The number of fused-ring (bicyclic) bond motifs is 1. The first-order chi connectivity index (χ1) is 10.7. The summed E-state index contributed by atoms with van der Waals surface area (Å²) in [5, 5.41) is 4.12. The van der Waals surface area contributed by atoms with E-state index in [2.05, 4.69) is 15.1 Å². The number of hydrogen-bond acceptors (Lipinski definition) is 4. The summed E-state index contributed by atoms with van der Waals surface area (Å²) in [6, 6.07) is 7.87. The number of H-pyrrole nitrogens is 1. The number of anilines is 2. The molecule has 3 aromatic rings. The number of hydrogen-bond donors (Lipinski definition) is 1. The van der Waals surface area contributed by atoms with Gasteiger partial charge in [-0.05, 0) is 12.1 Å². The van der Waals surface area contributed by atoms with Crippen molar-refractivity contribution in [2.75, 3.05) is 29.4 Å². The second-order valence-corrected chi connectivity index (χ2v) is 5.42. The van der Waals surface area contributed by atoms with Gasteiger partial charge in [-0.15, -0.1) is 0 Å². The minimum Gasteiger partial charge on any atom is -0.331 e. The molecule has 7 heteroatoms. The molecule has 0 bridgehead atoms. The van der Waals surface area contributed by atoms with Crippen molar-refractivity contribution in [3.8, 4) is 0 Å². The number of aryl methyl sites for hydroxylation is 1.